The number of halogens is 3. The maximum absolute atomic E-state index is 11.9. The molecule has 16 heavy (non-hydrogen) atoms. The molecular formula is C10H8F3NO2. The maximum atomic E-state index is 11.9. The van der Waals surface area contributed by atoms with E-state index >= 15 is 0 Å². The van der Waals surface area contributed by atoms with Crippen LogP contribution < -0.4 is 4.74 Å². The third-order valence-corrected chi connectivity index (χ3v) is 1.83. The zero-order valence-electron chi connectivity index (χ0n) is 8.25. The molecule has 0 bridgehead atoms. The Morgan fingerprint density at radius 3 is 2.50 bits per heavy atom. The molecule has 0 saturated heterocycles. The third kappa shape index (κ3) is 3.14. The molecule has 86 valence electrons. The molecule has 1 rings (SSSR count). The van der Waals surface area contributed by atoms with Gasteiger partial charge in [0, 0.05) is 0 Å². The van der Waals surface area contributed by atoms with Crippen LogP contribution in [-0.2, 0) is 0 Å². The van der Waals surface area contributed by atoms with Crippen LogP contribution in [0, 0.1) is 11.3 Å². The Bertz CT molecular complexity index is 421. The quantitative estimate of drug-likeness (QED) is 0.850. The molecule has 1 aromatic carbocycles. The zero-order chi connectivity index (χ0) is 12.3. The Hall–Kier alpha value is -1.74. The van der Waals surface area contributed by atoms with E-state index in [9.17, 15) is 18.3 Å². The summed E-state index contributed by atoms with van der Waals surface area (Å²) in [4.78, 5) is 0. The number of aliphatic hydroxyl groups excluding tert-OH is 1. The molecule has 0 aliphatic heterocycles. The lowest BCUT2D eigenvalue weighted by Crippen LogP contribution is -2.18. The lowest BCUT2D eigenvalue weighted by Gasteiger charge is -2.12. The average molecular weight is 231 g/mol. The van der Waals surface area contributed by atoms with Crippen molar-refractivity contribution in [1.29, 1.82) is 5.26 Å². The number of hydrogen-bond donors (Lipinski definition) is 1. The first kappa shape index (κ1) is 12.3. The number of rotatable bonds is 2. The molecule has 1 unspecified atom stereocenters. The van der Waals surface area contributed by atoms with Gasteiger partial charge in [-0.3, -0.25) is 0 Å². The number of ether oxygens (including phenoxy) is 1. The largest absolute Gasteiger partial charge is 0.573 e. The van der Waals surface area contributed by atoms with Crippen LogP contribution in [0.5, 0.6) is 5.75 Å². The Kier molecular flexibility index (Phi) is 3.40. The summed E-state index contributed by atoms with van der Waals surface area (Å²) >= 11 is 0. The number of alkyl halides is 3. The summed E-state index contributed by atoms with van der Waals surface area (Å²) in [5.74, 6) is -0.570. The first-order valence-electron chi connectivity index (χ1n) is 4.31. The summed E-state index contributed by atoms with van der Waals surface area (Å²) in [5, 5.41) is 17.8. The van der Waals surface area contributed by atoms with Crippen LogP contribution in [0.2, 0.25) is 0 Å². The first-order valence-corrected chi connectivity index (χ1v) is 4.31. The van der Waals surface area contributed by atoms with Crippen LogP contribution in [0.4, 0.5) is 13.2 Å². The van der Waals surface area contributed by atoms with Gasteiger partial charge in [-0.05, 0) is 24.6 Å². The minimum atomic E-state index is -4.84. The van der Waals surface area contributed by atoms with Gasteiger partial charge in [0.2, 0.25) is 0 Å². The van der Waals surface area contributed by atoms with E-state index in [1.807, 2.05) is 0 Å². The molecule has 1 atom stereocenters. The first-order chi connectivity index (χ1) is 7.33. The van der Waals surface area contributed by atoms with Crippen molar-refractivity contribution in [2.24, 2.45) is 0 Å². The minimum Gasteiger partial charge on any atom is -0.404 e. The molecule has 0 aliphatic rings. The monoisotopic (exact) mass is 231 g/mol. The van der Waals surface area contributed by atoms with Crippen molar-refractivity contribution in [3.05, 3.63) is 29.3 Å². The standard InChI is InChI=1S/C10H8F3NO2/c1-6(15)7-2-3-9(8(4-7)5-14)16-10(11,12)13/h2-4,6,15H,1H3. The molecule has 3 nitrogen and oxygen atoms in total. The molecule has 0 saturated carbocycles. The SMILES string of the molecule is CC(O)c1ccc(OC(F)(F)F)c(C#N)c1. The second-order valence-corrected chi connectivity index (χ2v) is 3.09. The van der Waals surface area contributed by atoms with E-state index in [4.69, 9.17) is 5.26 Å². The summed E-state index contributed by atoms with van der Waals surface area (Å²) in [6.45, 7) is 1.45. The summed E-state index contributed by atoms with van der Waals surface area (Å²) < 4.78 is 39.5. The van der Waals surface area contributed by atoms with Crippen molar-refractivity contribution in [2.45, 2.75) is 19.4 Å². The number of nitriles is 1. The summed E-state index contributed by atoms with van der Waals surface area (Å²) in [5.41, 5.74) is 0.0850. The molecule has 1 aromatic rings. The van der Waals surface area contributed by atoms with Gasteiger partial charge in [0.1, 0.15) is 11.8 Å². The van der Waals surface area contributed by atoms with Crippen LogP contribution in [-0.4, -0.2) is 11.5 Å². The van der Waals surface area contributed by atoms with Crippen molar-refractivity contribution in [2.75, 3.05) is 0 Å². The second-order valence-electron chi connectivity index (χ2n) is 3.09. The summed E-state index contributed by atoms with van der Waals surface area (Å²) in [6.07, 6.45) is -5.69. The molecule has 0 aromatic heterocycles. The van der Waals surface area contributed by atoms with Gasteiger partial charge < -0.3 is 9.84 Å². The third-order valence-electron chi connectivity index (χ3n) is 1.83. The van der Waals surface area contributed by atoms with Crippen molar-refractivity contribution in [1.82, 2.24) is 0 Å². The van der Waals surface area contributed by atoms with E-state index in [0.29, 0.717) is 5.56 Å². The molecule has 0 aliphatic carbocycles. The van der Waals surface area contributed by atoms with Crippen molar-refractivity contribution in [3.63, 3.8) is 0 Å². The second kappa shape index (κ2) is 4.41. The van der Waals surface area contributed by atoms with Crippen LogP contribution in [0.1, 0.15) is 24.2 Å². The van der Waals surface area contributed by atoms with E-state index < -0.39 is 18.2 Å². The molecule has 0 amide bonds. The van der Waals surface area contributed by atoms with Crippen LogP contribution in [0.25, 0.3) is 0 Å². The lowest BCUT2D eigenvalue weighted by molar-refractivity contribution is -0.274. The normalized spacial score (nSPS) is 13.0. The predicted octanol–water partition coefficient (Wildman–Crippen LogP) is 2.51. The topological polar surface area (TPSA) is 53.2 Å². The number of nitrogens with zero attached hydrogens (tertiary/aromatic N) is 1. The molecule has 1 N–H and O–H groups in total. The van der Waals surface area contributed by atoms with E-state index in [1.165, 1.54) is 13.0 Å². The van der Waals surface area contributed by atoms with E-state index in [-0.39, 0.29) is 5.56 Å². The average Bonchev–Trinajstić information content (AvgIpc) is 2.15. The number of hydrogen-bond acceptors (Lipinski definition) is 3. The van der Waals surface area contributed by atoms with E-state index in [2.05, 4.69) is 4.74 Å². The van der Waals surface area contributed by atoms with E-state index in [0.717, 1.165) is 12.1 Å². The van der Waals surface area contributed by atoms with Gasteiger partial charge in [0.25, 0.3) is 0 Å². The summed E-state index contributed by atoms with van der Waals surface area (Å²) in [6, 6.07) is 5.01. The Labute approximate surface area is 89.7 Å². The van der Waals surface area contributed by atoms with Gasteiger partial charge >= 0.3 is 6.36 Å². The minimum absolute atomic E-state index is 0.268. The van der Waals surface area contributed by atoms with Gasteiger partial charge in [0.05, 0.1) is 11.7 Å². The van der Waals surface area contributed by atoms with Crippen LogP contribution in [0.15, 0.2) is 18.2 Å². The predicted molar refractivity (Wildman–Crippen MR) is 48.5 cm³/mol. The fraction of sp³-hybridized carbons (Fsp3) is 0.300. The highest BCUT2D eigenvalue weighted by molar-refractivity contribution is 5.45. The fourth-order valence-corrected chi connectivity index (χ4v) is 1.11. The van der Waals surface area contributed by atoms with Gasteiger partial charge in [-0.2, -0.15) is 5.26 Å². The van der Waals surface area contributed by atoms with Gasteiger partial charge in [0.15, 0.2) is 0 Å². The van der Waals surface area contributed by atoms with E-state index in [1.54, 1.807) is 6.07 Å². The van der Waals surface area contributed by atoms with Crippen molar-refractivity contribution >= 4 is 0 Å². The van der Waals surface area contributed by atoms with Gasteiger partial charge in [-0.15, -0.1) is 13.2 Å². The molecule has 0 fully saturated rings. The zero-order valence-corrected chi connectivity index (χ0v) is 8.25. The fourth-order valence-electron chi connectivity index (χ4n) is 1.11. The van der Waals surface area contributed by atoms with Crippen molar-refractivity contribution in [3.8, 4) is 11.8 Å². The highest BCUT2D eigenvalue weighted by Crippen LogP contribution is 2.28. The van der Waals surface area contributed by atoms with Crippen LogP contribution >= 0.6 is 0 Å². The van der Waals surface area contributed by atoms with Crippen LogP contribution in [0.3, 0.4) is 0 Å². The molecular weight excluding hydrogens is 223 g/mol. The molecule has 6 heteroatoms. The smallest absolute Gasteiger partial charge is 0.404 e. The molecule has 0 spiro atoms. The Balaban J connectivity index is 3.09. The lowest BCUT2D eigenvalue weighted by atomic mass is 10.1. The molecule has 0 radical (unpaired) electrons. The molecule has 0 heterocycles. The summed E-state index contributed by atoms with van der Waals surface area (Å²) in [7, 11) is 0. The highest BCUT2D eigenvalue weighted by Gasteiger charge is 2.32. The Morgan fingerprint density at radius 2 is 2.06 bits per heavy atom. The number of benzene rings is 1. The van der Waals surface area contributed by atoms with Gasteiger partial charge in [-0.25, -0.2) is 0 Å². The highest BCUT2D eigenvalue weighted by atomic mass is 19.4. The number of aliphatic hydroxyl groups is 1. The maximum Gasteiger partial charge on any atom is 0.573 e. The van der Waals surface area contributed by atoms with Crippen molar-refractivity contribution < 1.29 is 23.0 Å². The van der Waals surface area contributed by atoms with Gasteiger partial charge in [-0.1, -0.05) is 6.07 Å². The Morgan fingerprint density at radius 1 is 1.44 bits per heavy atom.